The Bertz CT molecular complexity index is 295. The highest BCUT2D eigenvalue weighted by molar-refractivity contribution is 5.90. The first-order valence-electron chi connectivity index (χ1n) is 3.98. The fraction of sp³-hybridized carbons (Fsp3) is 0.100. The minimum absolute atomic E-state index is 0.430. The van der Waals surface area contributed by atoms with Crippen LogP contribution in [0.3, 0.4) is 0 Å². The van der Waals surface area contributed by atoms with E-state index in [0.717, 1.165) is 5.69 Å². The third kappa shape index (κ3) is 2.33. The van der Waals surface area contributed by atoms with Crippen LogP contribution in [0.25, 0.3) is 0 Å². The smallest absolute Gasteiger partial charge is 0.319 e. The minimum Gasteiger partial charge on any atom is -0.351 e. The predicted octanol–water partition coefficient (Wildman–Crippen LogP) is 1.76. The Labute approximate surface area is 77.5 Å². The van der Waals surface area contributed by atoms with Gasteiger partial charge in [0.2, 0.25) is 0 Å². The molecule has 0 bridgehead atoms. The number of para-hydroxylation sites is 1. The molecule has 0 radical (unpaired) electrons. The average molecular weight is 176 g/mol. The van der Waals surface area contributed by atoms with Gasteiger partial charge in [-0.05, 0) is 12.1 Å². The number of hydrogen-bond acceptors (Lipinski definition) is 1. The van der Waals surface area contributed by atoms with Crippen LogP contribution in [0, 0.1) is 0 Å². The quantitative estimate of drug-likeness (QED) is 0.701. The van der Waals surface area contributed by atoms with Crippen molar-refractivity contribution in [3.63, 3.8) is 0 Å². The van der Waals surface area contributed by atoms with Crippen molar-refractivity contribution in [2.24, 2.45) is 5.73 Å². The zero-order valence-electron chi connectivity index (χ0n) is 7.31. The van der Waals surface area contributed by atoms with Crippen LogP contribution in [-0.4, -0.2) is 12.6 Å². The number of nitrogens with two attached hydrogens (primary N) is 1. The highest BCUT2D eigenvalue weighted by Crippen LogP contribution is 2.12. The number of hydrogen-bond donors (Lipinski definition) is 1. The van der Waals surface area contributed by atoms with Gasteiger partial charge in [0.25, 0.3) is 0 Å². The van der Waals surface area contributed by atoms with E-state index in [1.165, 1.54) is 4.90 Å². The van der Waals surface area contributed by atoms with Gasteiger partial charge in [0.05, 0.1) is 0 Å². The summed E-state index contributed by atoms with van der Waals surface area (Å²) in [6, 6.07) is 8.79. The molecule has 0 aliphatic carbocycles. The lowest BCUT2D eigenvalue weighted by molar-refractivity contribution is 0.254. The Morgan fingerprint density at radius 3 is 2.54 bits per heavy atom. The van der Waals surface area contributed by atoms with Crippen molar-refractivity contribution >= 4 is 11.7 Å². The van der Waals surface area contributed by atoms with Crippen molar-refractivity contribution in [2.45, 2.75) is 0 Å². The molecule has 0 saturated carbocycles. The Morgan fingerprint density at radius 1 is 1.46 bits per heavy atom. The number of benzene rings is 1. The monoisotopic (exact) mass is 176 g/mol. The molecule has 3 nitrogen and oxygen atoms in total. The summed E-state index contributed by atoms with van der Waals surface area (Å²) in [6.07, 6.45) is 1.64. The molecule has 0 aromatic heterocycles. The number of anilines is 1. The van der Waals surface area contributed by atoms with E-state index >= 15 is 0 Å². The van der Waals surface area contributed by atoms with Gasteiger partial charge in [0.1, 0.15) is 0 Å². The SMILES string of the molecule is C=CCN(C(N)=O)c1ccccc1. The maximum absolute atomic E-state index is 11.0. The summed E-state index contributed by atoms with van der Waals surface area (Å²) >= 11 is 0. The van der Waals surface area contributed by atoms with Gasteiger partial charge in [-0.2, -0.15) is 0 Å². The molecule has 0 saturated heterocycles. The van der Waals surface area contributed by atoms with Crippen LogP contribution in [0.1, 0.15) is 0 Å². The molecular formula is C10H12N2O. The van der Waals surface area contributed by atoms with E-state index in [1.54, 1.807) is 6.08 Å². The van der Waals surface area contributed by atoms with E-state index in [4.69, 9.17) is 5.73 Å². The summed E-state index contributed by atoms with van der Waals surface area (Å²) in [7, 11) is 0. The highest BCUT2D eigenvalue weighted by Gasteiger charge is 2.08. The van der Waals surface area contributed by atoms with Crippen LogP contribution in [-0.2, 0) is 0 Å². The minimum atomic E-state index is -0.467. The van der Waals surface area contributed by atoms with Crippen molar-refractivity contribution in [2.75, 3.05) is 11.4 Å². The number of carbonyl (C=O) groups excluding carboxylic acids is 1. The lowest BCUT2D eigenvalue weighted by Gasteiger charge is -2.17. The van der Waals surface area contributed by atoms with Crippen LogP contribution in [0.2, 0.25) is 0 Å². The molecule has 0 unspecified atom stereocenters. The number of nitrogens with zero attached hydrogens (tertiary/aromatic N) is 1. The Morgan fingerprint density at radius 2 is 2.08 bits per heavy atom. The first-order chi connectivity index (χ1) is 6.25. The molecule has 0 heterocycles. The standard InChI is InChI=1S/C10H12N2O/c1-2-8-12(10(11)13)9-6-4-3-5-7-9/h2-7H,1,8H2,(H2,11,13). The second-order valence-electron chi connectivity index (χ2n) is 2.57. The van der Waals surface area contributed by atoms with Crippen LogP contribution >= 0.6 is 0 Å². The van der Waals surface area contributed by atoms with Gasteiger partial charge in [0.15, 0.2) is 0 Å². The molecular weight excluding hydrogens is 164 g/mol. The molecule has 3 heteroatoms. The van der Waals surface area contributed by atoms with Crippen molar-refractivity contribution < 1.29 is 4.79 Å². The first-order valence-corrected chi connectivity index (χ1v) is 3.98. The van der Waals surface area contributed by atoms with Gasteiger partial charge < -0.3 is 5.73 Å². The number of carbonyl (C=O) groups is 1. The van der Waals surface area contributed by atoms with Gasteiger partial charge >= 0.3 is 6.03 Å². The molecule has 0 aliphatic rings. The summed E-state index contributed by atoms with van der Waals surface area (Å²) < 4.78 is 0. The molecule has 2 N–H and O–H groups in total. The topological polar surface area (TPSA) is 46.3 Å². The molecule has 1 aromatic rings. The summed E-state index contributed by atoms with van der Waals surface area (Å²) in [5.41, 5.74) is 5.98. The van der Waals surface area contributed by atoms with E-state index in [0.29, 0.717) is 6.54 Å². The number of rotatable bonds is 3. The lowest BCUT2D eigenvalue weighted by atomic mass is 10.3. The van der Waals surface area contributed by atoms with E-state index in [-0.39, 0.29) is 0 Å². The van der Waals surface area contributed by atoms with Gasteiger partial charge in [-0.1, -0.05) is 24.3 Å². The molecule has 2 amide bonds. The Kier molecular flexibility index (Phi) is 3.09. The van der Waals surface area contributed by atoms with Crippen molar-refractivity contribution in [1.29, 1.82) is 0 Å². The highest BCUT2D eigenvalue weighted by atomic mass is 16.2. The fourth-order valence-electron chi connectivity index (χ4n) is 1.06. The van der Waals surface area contributed by atoms with Crippen molar-refractivity contribution in [3.8, 4) is 0 Å². The number of urea groups is 1. The molecule has 0 atom stereocenters. The van der Waals surface area contributed by atoms with Crippen LogP contribution in [0.4, 0.5) is 10.5 Å². The molecule has 68 valence electrons. The maximum atomic E-state index is 11.0. The normalized spacial score (nSPS) is 9.23. The van der Waals surface area contributed by atoms with Gasteiger partial charge in [-0.25, -0.2) is 4.79 Å². The maximum Gasteiger partial charge on any atom is 0.319 e. The third-order valence-corrected chi connectivity index (χ3v) is 1.65. The summed E-state index contributed by atoms with van der Waals surface area (Å²) in [5.74, 6) is 0. The van der Waals surface area contributed by atoms with E-state index in [1.807, 2.05) is 30.3 Å². The Balaban J connectivity index is 2.88. The van der Waals surface area contributed by atoms with Crippen LogP contribution < -0.4 is 10.6 Å². The third-order valence-electron chi connectivity index (χ3n) is 1.65. The molecule has 13 heavy (non-hydrogen) atoms. The van der Waals surface area contributed by atoms with Crippen LogP contribution in [0.15, 0.2) is 43.0 Å². The summed E-state index contributed by atoms with van der Waals surface area (Å²) in [6.45, 7) is 3.99. The van der Waals surface area contributed by atoms with Gasteiger partial charge in [0, 0.05) is 12.2 Å². The average Bonchev–Trinajstić information content (AvgIpc) is 2.15. The van der Waals surface area contributed by atoms with Gasteiger partial charge in [-0.15, -0.1) is 6.58 Å². The molecule has 0 spiro atoms. The summed E-state index contributed by atoms with van der Waals surface area (Å²) in [5, 5.41) is 0. The van der Waals surface area contributed by atoms with Crippen molar-refractivity contribution in [1.82, 2.24) is 0 Å². The zero-order valence-corrected chi connectivity index (χ0v) is 7.31. The van der Waals surface area contributed by atoms with E-state index < -0.39 is 6.03 Å². The second-order valence-corrected chi connectivity index (χ2v) is 2.57. The van der Waals surface area contributed by atoms with E-state index in [2.05, 4.69) is 6.58 Å². The predicted molar refractivity (Wildman–Crippen MR) is 53.6 cm³/mol. The lowest BCUT2D eigenvalue weighted by Crippen LogP contribution is -2.35. The summed E-state index contributed by atoms with van der Waals surface area (Å²) in [4.78, 5) is 12.4. The fourth-order valence-corrected chi connectivity index (χ4v) is 1.06. The number of amides is 2. The molecule has 0 fully saturated rings. The van der Waals surface area contributed by atoms with E-state index in [9.17, 15) is 4.79 Å². The largest absolute Gasteiger partial charge is 0.351 e. The van der Waals surface area contributed by atoms with Crippen molar-refractivity contribution in [3.05, 3.63) is 43.0 Å². The second kappa shape index (κ2) is 4.30. The van der Waals surface area contributed by atoms with Crippen LogP contribution in [0.5, 0.6) is 0 Å². The molecule has 1 rings (SSSR count). The zero-order chi connectivity index (χ0) is 9.68. The number of primary amides is 1. The molecule has 0 aliphatic heterocycles. The molecule has 1 aromatic carbocycles. The first kappa shape index (κ1) is 9.32. The Hall–Kier alpha value is -1.77. The van der Waals surface area contributed by atoms with Gasteiger partial charge in [-0.3, -0.25) is 4.90 Å².